The number of rotatable bonds is 4. The lowest BCUT2D eigenvalue weighted by atomic mass is 9.85. The lowest BCUT2D eigenvalue weighted by Gasteiger charge is -2.19. The van der Waals surface area contributed by atoms with Crippen molar-refractivity contribution in [1.82, 2.24) is 4.98 Å². The number of methoxy groups -OCH3 is 2. The van der Waals surface area contributed by atoms with Crippen molar-refractivity contribution >= 4 is 23.2 Å². The molecule has 0 fully saturated rings. The first-order valence-electron chi connectivity index (χ1n) is 6.57. The molecule has 0 spiro atoms. The second kappa shape index (κ2) is 5.71. The number of hydrogen-bond acceptors (Lipinski definition) is 5. The first-order chi connectivity index (χ1) is 10.3. The standard InChI is InChI=1S/C16H16FNO4/c1-16(2,8-19)11-7-13-9(6-12(11)17)5-10(15(20)22-4)14(18-13)21-3/h5-8H,1-4H3. The van der Waals surface area contributed by atoms with Crippen molar-refractivity contribution in [3.05, 3.63) is 35.1 Å². The van der Waals surface area contributed by atoms with Crippen LogP contribution in [0.5, 0.6) is 5.88 Å². The van der Waals surface area contributed by atoms with E-state index in [0.29, 0.717) is 17.2 Å². The van der Waals surface area contributed by atoms with Gasteiger partial charge in [0.2, 0.25) is 5.88 Å². The Morgan fingerprint density at radius 2 is 1.95 bits per heavy atom. The molecule has 5 nitrogen and oxygen atoms in total. The van der Waals surface area contributed by atoms with Gasteiger partial charge in [-0.3, -0.25) is 0 Å². The minimum atomic E-state index is -0.978. The maximum Gasteiger partial charge on any atom is 0.343 e. The first-order valence-corrected chi connectivity index (χ1v) is 6.57. The molecule has 0 N–H and O–H groups in total. The number of esters is 1. The van der Waals surface area contributed by atoms with E-state index in [1.54, 1.807) is 13.8 Å². The van der Waals surface area contributed by atoms with Gasteiger partial charge in [-0.2, -0.15) is 0 Å². The van der Waals surface area contributed by atoms with E-state index in [4.69, 9.17) is 4.74 Å². The number of carbonyl (C=O) groups excluding carboxylic acids is 2. The monoisotopic (exact) mass is 305 g/mol. The number of aromatic nitrogens is 1. The average molecular weight is 305 g/mol. The molecule has 0 aliphatic carbocycles. The van der Waals surface area contributed by atoms with E-state index in [0.717, 1.165) is 0 Å². The van der Waals surface area contributed by atoms with E-state index < -0.39 is 17.2 Å². The van der Waals surface area contributed by atoms with Crippen LogP contribution in [0, 0.1) is 5.82 Å². The first kappa shape index (κ1) is 15.9. The van der Waals surface area contributed by atoms with Crippen LogP contribution < -0.4 is 4.74 Å². The summed E-state index contributed by atoms with van der Waals surface area (Å²) in [7, 11) is 2.61. The van der Waals surface area contributed by atoms with Gasteiger partial charge in [0.1, 0.15) is 17.7 Å². The highest BCUT2D eigenvalue weighted by atomic mass is 19.1. The van der Waals surface area contributed by atoms with Gasteiger partial charge in [-0.15, -0.1) is 0 Å². The molecule has 0 aliphatic rings. The van der Waals surface area contributed by atoms with Gasteiger partial charge >= 0.3 is 5.97 Å². The van der Waals surface area contributed by atoms with Crippen LogP contribution in [-0.4, -0.2) is 31.5 Å². The summed E-state index contributed by atoms with van der Waals surface area (Å²) in [5, 5.41) is 0.421. The molecule has 0 atom stereocenters. The van der Waals surface area contributed by atoms with Gasteiger partial charge in [-0.1, -0.05) is 0 Å². The van der Waals surface area contributed by atoms with Gasteiger partial charge in [0.05, 0.1) is 19.7 Å². The lowest BCUT2D eigenvalue weighted by molar-refractivity contribution is -0.111. The number of halogens is 1. The number of benzene rings is 1. The van der Waals surface area contributed by atoms with Gasteiger partial charge in [0.25, 0.3) is 0 Å². The molecule has 2 aromatic rings. The van der Waals surface area contributed by atoms with Crippen molar-refractivity contribution < 1.29 is 23.5 Å². The highest BCUT2D eigenvalue weighted by molar-refractivity contribution is 5.96. The Morgan fingerprint density at radius 3 is 2.50 bits per heavy atom. The number of pyridine rings is 1. The highest BCUT2D eigenvalue weighted by Crippen LogP contribution is 2.30. The molecule has 0 saturated carbocycles. The van der Waals surface area contributed by atoms with Crippen molar-refractivity contribution in [1.29, 1.82) is 0 Å². The van der Waals surface area contributed by atoms with Crippen LogP contribution in [-0.2, 0) is 14.9 Å². The predicted octanol–water partition coefficient (Wildman–Crippen LogP) is 2.65. The summed E-state index contributed by atoms with van der Waals surface area (Å²) < 4.78 is 24.0. The summed E-state index contributed by atoms with van der Waals surface area (Å²) in [5.74, 6) is -1.07. The highest BCUT2D eigenvalue weighted by Gasteiger charge is 2.25. The largest absolute Gasteiger partial charge is 0.480 e. The zero-order chi connectivity index (χ0) is 16.5. The molecule has 6 heteroatoms. The van der Waals surface area contributed by atoms with Gasteiger partial charge in [-0.25, -0.2) is 14.2 Å². The summed E-state index contributed by atoms with van der Waals surface area (Å²) in [6, 6.07) is 4.19. The molecular weight excluding hydrogens is 289 g/mol. The van der Waals surface area contributed by atoms with Crippen LogP contribution in [0.3, 0.4) is 0 Å². The Hall–Kier alpha value is -2.50. The van der Waals surface area contributed by atoms with Crippen molar-refractivity contribution in [3.8, 4) is 5.88 Å². The SMILES string of the molecule is COC(=O)c1cc2cc(F)c(C(C)(C)C=O)cc2nc1OC. The van der Waals surface area contributed by atoms with Crippen LogP contribution >= 0.6 is 0 Å². The lowest BCUT2D eigenvalue weighted by Crippen LogP contribution is -2.20. The zero-order valence-electron chi connectivity index (χ0n) is 12.8. The molecule has 0 bridgehead atoms. The molecule has 0 saturated heterocycles. The molecule has 116 valence electrons. The maximum atomic E-state index is 14.3. The summed E-state index contributed by atoms with van der Waals surface area (Å²) in [4.78, 5) is 27.1. The van der Waals surface area contributed by atoms with E-state index in [1.165, 1.54) is 32.4 Å². The zero-order valence-corrected chi connectivity index (χ0v) is 12.8. The molecule has 0 aliphatic heterocycles. The molecule has 1 aromatic carbocycles. The quantitative estimate of drug-likeness (QED) is 0.642. The fourth-order valence-corrected chi connectivity index (χ4v) is 2.15. The van der Waals surface area contributed by atoms with Gasteiger partial charge in [-0.05, 0) is 32.0 Å². The molecule has 1 heterocycles. The second-order valence-corrected chi connectivity index (χ2v) is 5.40. The number of ether oxygens (including phenoxy) is 2. The van der Waals surface area contributed by atoms with Gasteiger partial charge in [0.15, 0.2) is 0 Å². The number of hydrogen-bond donors (Lipinski definition) is 0. The predicted molar refractivity (Wildman–Crippen MR) is 78.7 cm³/mol. The number of aldehydes is 1. The number of nitrogens with zero attached hydrogens (tertiary/aromatic N) is 1. The van der Waals surface area contributed by atoms with Crippen LogP contribution in [0.1, 0.15) is 29.8 Å². The van der Waals surface area contributed by atoms with Crippen molar-refractivity contribution in [2.75, 3.05) is 14.2 Å². The summed E-state index contributed by atoms with van der Waals surface area (Å²) >= 11 is 0. The second-order valence-electron chi connectivity index (χ2n) is 5.40. The maximum absolute atomic E-state index is 14.3. The van der Waals surface area contributed by atoms with Crippen molar-refractivity contribution in [2.24, 2.45) is 0 Å². The fourth-order valence-electron chi connectivity index (χ4n) is 2.15. The Bertz CT molecular complexity index is 755. The molecule has 1 aromatic heterocycles. The third kappa shape index (κ3) is 2.64. The number of carbonyl (C=O) groups is 2. The molecule has 0 radical (unpaired) electrons. The minimum Gasteiger partial charge on any atom is -0.480 e. The van der Waals surface area contributed by atoms with Crippen molar-refractivity contribution in [2.45, 2.75) is 19.3 Å². The van der Waals surface area contributed by atoms with Gasteiger partial charge in [0, 0.05) is 16.4 Å². The van der Waals surface area contributed by atoms with E-state index in [1.807, 2.05) is 0 Å². The van der Waals surface area contributed by atoms with E-state index in [-0.39, 0.29) is 17.0 Å². The fraction of sp³-hybridized carbons (Fsp3) is 0.312. The third-order valence-corrected chi connectivity index (χ3v) is 3.46. The van der Waals surface area contributed by atoms with Crippen LogP contribution in [0.2, 0.25) is 0 Å². The Labute approximate surface area is 127 Å². The Kier molecular flexibility index (Phi) is 4.12. The van der Waals surface area contributed by atoms with Crippen LogP contribution in [0.15, 0.2) is 18.2 Å². The van der Waals surface area contributed by atoms with E-state index in [9.17, 15) is 14.0 Å². The summed E-state index contributed by atoms with van der Waals surface area (Å²) in [6.07, 6.45) is 0.678. The van der Waals surface area contributed by atoms with Crippen molar-refractivity contribution in [3.63, 3.8) is 0 Å². The summed E-state index contributed by atoms with van der Waals surface area (Å²) in [5.41, 5.74) is -0.209. The molecule has 2 rings (SSSR count). The molecule has 22 heavy (non-hydrogen) atoms. The van der Waals surface area contributed by atoms with Crippen LogP contribution in [0.25, 0.3) is 10.9 Å². The Morgan fingerprint density at radius 1 is 1.27 bits per heavy atom. The molecular formula is C16H16FNO4. The molecule has 0 unspecified atom stereocenters. The normalized spacial score (nSPS) is 11.3. The number of fused-ring (bicyclic) bond motifs is 1. The van der Waals surface area contributed by atoms with Crippen LogP contribution in [0.4, 0.5) is 4.39 Å². The molecule has 0 amide bonds. The smallest absolute Gasteiger partial charge is 0.343 e. The summed E-state index contributed by atoms with van der Waals surface area (Å²) in [6.45, 7) is 3.23. The average Bonchev–Trinajstić information content (AvgIpc) is 2.52. The Balaban J connectivity index is 2.74. The minimum absolute atomic E-state index is 0.0841. The van der Waals surface area contributed by atoms with E-state index in [2.05, 4.69) is 9.72 Å². The van der Waals surface area contributed by atoms with Gasteiger partial charge < -0.3 is 14.3 Å². The third-order valence-electron chi connectivity index (χ3n) is 3.46. The van der Waals surface area contributed by atoms with E-state index >= 15 is 0 Å². The topological polar surface area (TPSA) is 65.5 Å².